The molecule has 0 aliphatic rings. The lowest BCUT2D eigenvalue weighted by molar-refractivity contribution is -0.150. The summed E-state index contributed by atoms with van der Waals surface area (Å²) in [5.74, 6) is -0.834. The number of hydrogen-bond acceptors (Lipinski definition) is 3. The van der Waals surface area contributed by atoms with Crippen molar-refractivity contribution in [2.45, 2.75) is 33.3 Å². The number of carbonyl (C=O) groups is 2. The first kappa shape index (κ1) is 13.9. The summed E-state index contributed by atoms with van der Waals surface area (Å²) in [7, 11) is 0. The van der Waals surface area contributed by atoms with Crippen molar-refractivity contribution in [2.75, 3.05) is 13.1 Å². The van der Waals surface area contributed by atoms with Gasteiger partial charge in [-0.05, 0) is 19.8 Å². The number of rotatable bonds is 5. The van der Waals surface area contributed by atoms with Gasteiger partial charge in [-0.3, -0.25) is 9.59 Å². The Morgan fingerprint density at radius 3 is 2.13 bits per heavy atom. The largest absolute Gasteiger partial charge is 0.381 e. The molecular formula is C10H20N2O3. The van der Waals surface area contributed by atoms with Gasteiger partial charge in [0.2, 0.25) is 5.91 Å². The molecule has 0 bridgehead atoms. The Morgan fingerprint density at radius 1 is 1.40 bits per heavy atom. The first-order valence-electron chi connectivity index (χ1n) is 4.94. The minimum absolute atomic E-state index is 0.152. The Bertz CT molecular complexity index is 244. The number of hydrogen-bond donors (Lipinski definition) is 2. The molecule has 88 valence electrons. The van der Waals surface area contributed by atoms with Gasteiger partial charge in [0.05, 0.1) is 6.54 Å². The second-order valence-corrected chi connectivity index (χ2v) is 4.60. The van der Waals surface area contributed by atoms with E-state index in [1.165, 1.54) is 18.7 Å². The molecule has 5 nitrogen and oxygen atoms in total. The van der Waals surface area contributed by atoms with Crippen molar-refractivity contribution in [2.24, 2.45) is 11.7 Å². The Labute approximate surface area is 90.2 Å². The zero-order valence-corrected chi connectivity index (χ0v) is 9.78. The van der Waals surface area contributed by atoms with Crippen LogP contribution in [0.3, 0.4) is 0 Å². The lowest BCUT2D eigenvalue weighted by atomic mass is 10.1. The van der Waals surface area contributed by atoms with E-state index in [0.29, 0.717) is 6.54 Å². The number of nitrogens with zero attached hydrogens (tertiary/aromatic N) is 1. The molecule has 0 rings (SSSR count). The van der Waals surface area contributed by atoms with Crippen LogP contribution >= 0.6 is 0 Å². The van der Waals surface area contributed by atoms with Crippen molar-refractivity contribution in [1.29, 1.82) is 0 Å². The summed E-state index contributed by atoms with van der Waals surface area (Å²) in [5.41, 5.74) is 3.57. The topological polar surface area (TPSA) is 83.6 Å². The Balaban J connectivity index is 4.62. The summed E-state index contributed by atoms with van der Waals surface area (Å²) in [6, 6.07) is 0. The Kier molecular flexibility index (Phi) is 4.74. The van der Waals surface area contributed by atoms with E-state index in [4.69, 9.17) is 5.73 Å². The van der Waals surface area contributed by atoms with Crippen LogP contribution in [0.2, 0.25) is 0 Å². The van der Waals surface area contributed by atoms with E-state index in [1.807, 2.05) is 13.8 Å². The summed E-state index contributed by atoms with van der Waals surface area (Å²) < 4.78 is 0. The molecule has 0 heterocycles. The fourth-order valence-corrected chi connectivity index (χ4v) is 1.24. The molecule has 0 saturated carbocycles. The molecule has 0 aliphatic heterocycles. The van der Waals surface area contributed by atoms with Crippen LogP contribution in [0.4, 0.5) is 0 Å². The molecule has 0 unspecified atom stereocenters. The Hall–Kier alpha value is -1.10. The fraction of sp³-hybridized carbons (Fsp3) is 0.800. The van der Waals surface area contributed by atoms with Crippen LogP contribution < -0.4 is 5.73 Å². The summed E-state index contributed by atoms with van der Waals surface area (Å²) in [6.07, 6.45) is 0. The molecule has 0 aliphatic carbocycles. The van der Waals surface area contributed by atoms with Crippen LogP contribution in [0.25, 0.3) is 0 Å². The lowest BCUT2D eigenvalue weighted by Gasteiger charge is -2.28. The maximum Gasteiger partial charge on any atom is 0.254 e. The highest BCUT2D eigenvalue weighted by atomic mass is 16.3. The minimum Gasteiger partial charge on any atom is -0.381 e. The van der Waals surface area contributed by atoms with Crippen molar-refractivity contribution in [3.05, 3.63) is 0 Å². The van der Waals surface area contributed by atoms with Crippen LogP contribution in [0.1, 0.15) is 27.7 Å². The van der Waals surface area contributed by atoms with Gasteiger partial charge in [-0.2, -0.15) is 0 Å². The first-order chi connectivity index (χ1) is 6.64. The van der Waals surface area contributed by atoms with Crippen molar-refractivity contribution >= 4 is 11.8 Å². The molecule has 5 heteroatoms. The summed E-state index contributed by atoms with van der Waals surface area (Å²) in [5, 5.41) is 9.54. The molecule has 0 spiro atoms. The van der Waals surface area contributed by atoms with Gasteiger partial charge in [-0.1, -0.05) is 13.8 Å². The van der Waals surface area contributed by atoms with E-state index >= 15 is 0 Å². The highest BCUT2D eigenvalue weighted by molar-refractivity contribution is 5.88. The van der Waals surface area contributed by atoms with Gasteiger partial charge in [-0.15, -0.1) is 0 Å². The van der Waals surface area contributed by atoms with Crippen LogP contribution in [0, 0.1) is 5.92 Å². The normalized spacial score (nSPS) is 11.6. The van der Waals surface area contributed by atoms with Crippen LogP contribution in [-0.2, 0) is 9.59 Å². The molecule has 0 aromatic rings. The zero-order chi connectivity index (χ0) is 12.2. The molecule has 0 radical (unpaired) electrons. The first-order valence-corrected chi connectivity index (χ1v) is 4.94. The SMILES string of the molecule is CC(C)CN(CC(N)=O)C(=O)C(C)(C)O. The zero-order valence-electron chi connectivity index (χ0n) is 9.78. The second kappa shape index (κ2) is 5.11. The van der Waals surface area contributed by atoms with Gasteiger partial charge in [0.1, 0.15) is 5.60 Å². The minimum atomic E-state index is -1.47. The second-order valence-electron chi connectivity index (χ2n) is 4.60. The van der Waals surface area contributed by atoms with Gasteiger partial charge in [0, 0.05) is 6.54 Å². The van der Waals surface area contributed by atoms with Gasteiger partial charge in [-0.25, -0.2) is 0 Å². The molecule has 3 N–H and O–H groups in total. The predicted molar refractivity (Wildman–Crippen MR) is 56.9 cm³/mol. The molecule has 0 atom stereocenters. The van der Waals surface area contributed by atoms with Gasteiger partial charge < -0.3 is 15.7 Å². The molecule has 0 aromatic carbocycles. The third-order valence-corrected chi connectivity index (χ3v) is 1.74. The van der Waals surface area contributed by atoms with E-state index in [-0.39, 0.29) is 12.5 Å². The van der Waals surface area contributed by atoms with E-state index in [9.17, 15) is 14.7 Å². The van der Waals surface area contributed by atoms with E-state index in [0.717, 1.165) is 0 Å². The molecule has 0 saturated heterocycles. The number of carbonyl (C=O) groups excluding carboxylic acids is 2. The quantitative estimate of drug-likeness (QED) is 0.663. The molecule has 15 heavy (non-hydrogen) atoms. The van der Waals surface area contributed by atoms with Crippen molar-refractivity contribution < 1.29 is 14.7 Å². The van der Waals surface area contributed by atoms with Crippen LogP contribution in [-0.4, -0.2) is 40.5 Å². The third kappa shape index (κ3) is 5.37. The van der Waals surface area contributed by atoms with Gasteiger partial charge in [0.15, 0.2) is 0 Å². The number of aliphatic hydroxyl groups is 1. The lowest BCUT2D eigenvalue weighted by Crippen LogP contribution is -2.49. The maximum absolute atomic E-state index is 11.7. The standard InChI is InChI=1S/C10H20N2O3/c1-7(2)5-12(6-8(11)13)9(14)10(3,4)15/h7,15H,5-6H2,1-4H3,(H2,11,13). The average Bonchev–Trinajstić information content (AvgIpc) is 1.98. The van der Waals surface area contributed by atoms with E-state index < -0.39 is 17.4 Å². The van der Waals surface area contributed by atoms with Crippen molar-refractivity contribution in [3.63, 3.8) is 0 Å². The Morgan fingerprint density at radius 2 is 1.87 bits per heavy atom. The molecular weight excluding hydrogens is 196 g/mol. The highest BCUT2D eigenvalue weighted by Gasteiger charge is 2.30. The number of nitrogens with two attached hydrogens (primary N) is 1. The smallest absolute Gasteiger partial charge is 0.254 e. The third-order valence-electron chi connectivity index (χ3n) is 1.74. The van der Waals surface area contributed by atoms with E-state index in [1.54, 1.807) is 0 Å². The van der Waals surface area contributed by atoms with E-state index in [2.05, 4.69) is 0 Å². The summed E-state index contributed by atoms with van der Waals surface area (Å²) in [6.45, 7) is 6.89. The van der Waals surface area contributed by atoms with Crippen LogP contribution in [0.15, 0.2) is 0 Å². The molecule has 0 fully saturated rings. The van der Waals surface area contributed by atoms with Crippen molar-refractivity contribution in [1.82, 2.24) is 4.90 Å². The summed E-state index contributed by atoms with van der Waals surface area (Å²) in [4.78, 5) is 23.8. The van der Waals surface area contributed by atoms with Gasteiger partial charge in [0.25, 0.3) is 5.91 Å². The monoisotopic (exact) mass is 216 g/mol. The number of amides is 2. The predicted octanol–water partition coefficient (Wildman–Crippen LogP) is -0.273. The maximum atomic E-state index is 11.7. The number of primary amides is 1. The average molecular weight is 216 g/mol. The highest BCUT2D eigenvalue weighted by Crippen LogP contribution is 2.09. The van der Waals surface area contributed by atoms with Crippen LogP contribution in [0.5, 0.6) is 0 Å². The van der Waals surface area contributed by atoms with Gasteiger partial charge >= 0.3 is 0 Å². The fourth-order valence-electron chi connectivity index (χ4n) is 1.24. The molecule has 2 amide bonds. The molecule has 0 aromatic heterocycles. The summed E-state index contributed by atoms with van der Waals surface area (Å²) >= 11 is 0. The van der Waals surface area contributed by atoms with Crippen molar-refractivity contribution in [3.8, 4) is 0 Å².